The van der Waals surface area contributed by atoms with E-state index in [1.807, 2.05) is 0 Å². The first-order chi connectivity index (χ1) is 7.89. The van der Waals surface area contributed by atoms with Crippen molar-refractivity contribution in [3.8, 4) is 0 Å². The lowest BCUT2D eigenvalue weighted by Gasteiger charge is -2.32. The van der Waals surface area contributed by atoms with E-state index in [4.69, 9.17) is 10.2 Å². The summed E-state index contributed by atoms with van der Waals surface area (Å²) in [7, 11) is -3.94. The Labute approximate surface area is 98.8 Å². The lowest BCUT2D eigenvalue weighted by molar-refractivity contribution is -0.141. The minimum atomic E-state index is -3.94. The average Bonchev–Trinajstić information content (AvgIpc) is 2.26. The lowest BCUT2D eigenvalue weighted by atomic mass is 9.94. The molecule has 1 aromatic rings. The van der Waals surface area contributed by atoms with Gasteiger partial charge in [0.1, 0.15) is 0 Å². The number of aliphatic carboxylic acids is 1. The highest BCUT2D eigenvalue weighted by Crippen LogP contribution is 2.30. The molecule has 0 radical (unpaired) electrons. The van der Waals surface area contributed by atoms with E-state index in [9.17, 15) is 13.2 Å². The van der Waals surface area contributed by atoms with Gasteiger partial charge in [0.05, 0.1) is 11.6 Å². The molecule has 1 heterocycles. The highest BCUT2D eigenvalue weighted by molar-refractivity contribution is 7.90. The van der Waals surface area contributed by atoms with Crippen molar-refractivity contribution in [3.63, 3.8) is 0 Å². The number of carboxylic acids is 1. The molecule has 6 nitrogen and oxygen atoms in total. The number of benzene rings is 1. The van der Waals surface area contributed by atoms with Crippen LogP contribution in [-0.2, 0) is 21.4 Å². The summed E-state index contributed by atoms with van der Waals surface area (Å²) in [5.41, 5.74) is 1.15. The zero-order chi connectivity index (χ0) is 12.6. The van der Waals surface area contributed by atoms with Crippen LogP contribution in [0.15, 0.2) is 24.3 Å². The van der Waals surface area contributed by atoms with Gasteiger partial charge in [-0.15, -0.1) is 0 Å². The quantitative estimate of drug-likeness (QED) is 0.774. The van der Waals surface area contributed by atoms with Crippen molar-refractivity contribution in [2.45, 2.75) is 6.42 Å². The molecule has 0 saturated carbocycles. The summed E-state index contributed by atoms with van der Waals surface area (Å²) in [4.78, 5) is 11.0. The van der Waals surface area contributed by atoms with E-state index in [0.29, 0.717) is 17.7 Å². The molecule has 0 fully saturated rings. The number of anilines is 1. The SMILES string of the molecule is NS(=O)(=O)N1CC(C(=O)O)Cc2ccccc21. The van der Waals surface area contributed by atoms with Crippen molar-refractivity contribution in [2.24, 2.45) is 11.1 Å². The van der Waals surface area contributed by atoms with Crippen molar-refractivity contribution in [3.05, 3.63) is 29.8 Å². The Morgan fingerprint density at radius 3 is 2.65 bits per heavy atom. The van der Waals surface area contributed by atoms with Crippen molar-refractivity contribution < 1.29 is 18.3 Å². The minimum Gasteiger partial charge on any atom is -0.481 e. The number of fused-ring (bicyclic) bond motifs is 1. The smallest absolute Gasteiger partial charge is 0.308 e. The molecule has 0 saturated heterocycles. The third kappa shape index (κ3) is 2.25. The van der Waals surface area contributed by atoms with E-state index in [1.54, 1.807) is 24.3 Å². The van der Waals surface area contributed by atoms with E-state index in [2.05, 4.69) is 0 Å². The molecule has 1 atom stereocenters. The van der Waals surface area contributed by atoms with Crippen molar-refractivity contribution in [1.29, 1.82) is 0 Å². The van der Waals surface area contributed by atoms with Crippen LogP contribution in [0.3, 0.4) is 0 Å². The maximum absolute atomic E-state index is 11.4. The molecule has 7 heteroatoms. The van der Waals surface area contributed by atoms with Gasteiger partial charge in [-0.05, 0) is 18.1 Å². The maximum atomic E-state index is 11.4. The molecule has 1 aliphatic heterocycles. The van der Waals surface area contributed by atoms with Crippen molar-refractivity contribution in [1.82, 2.24) is 0 Å². The Bertz CT molecular complexity index is 555. The van der Waals surface area contributed by atoms with E-state index in [0.717, 1.165) is 4.31 Å². The molecule has 17 heavy (non-hydrogen) atoms. The number of rotatable bonds is 2. The van der Waals surface area contributed by atoms with Gasteiger partial charge in [0.2, 0.25) is 0 Å². The summed E-state index contributed by atoms with van der Waals surface area (Å²) < 4.78 is 23.8. The van der Waals surface area contributed by atoms with Crippen LogP contribution in [0.25, 0.3) is 0 Å². The predicted molar refractivity (Wildman–Crippen MR) is 61.7 cm³/mol. The number of para-hydroxylation sites is 1. The first-order valence-electron chi connectivity index (χ1n) is 5.01. The normalized spacial score (nSPS) is 19.8. The van der Waals surface area contributed by atoms with E-state index < -0.39 is 22.1 Å². The monoisotopic (exact) mass is 256 g/mol. The van der Waals surface area contributed by atoms with Crippen molar-refractivity contribution >= 4 is 21.9 Å². The fraction of sp³-hybridized carbons (Fsp3) is 0.300. The topological polar surface area (TPSA) is 101 Å². The minimum absolute atomic E-state index is 0.120. The highest BCUT2D eigenvalue weighted by Gasteiger charge is 2.33. The van der Waals surface area contributed by atoms with Gasteiger partial charge in [-0.25, -0.2) is 5.14 Å². The number of hydrogen-bond acceptors (Lipinski definition) is 3. The molecule has 0 bridgehead atoms. The summed E-state index contributed by atoms with van der Waals surface area (Å²) in [5.74, 6) is -1.78. The second-order valence-electron chi connectivity index (χ2n) is 3.94. The Morgan fingerprint density at radius 1 is 1.41 bits per heavy atom. The van der Waals surface area contributed by atoms with Gasteiger partial charge in [-0.2, -0.15) is 8.42 Å². The molecule has 92 valence electrons. The largest absolute Gasteiger partial charge is 0.481 e. The van der Waals surface area contributed by atoms with Crippen molar-refractivity contribution in [2.75, 3.05) is 10.8 Å². The molecule has 0 aromatic heterocycles. The molecule has 3 N–H and O–H groups in total. The lowest BCUT2D eigenvalue weighted by Crippen LogP contribution is -2.45. The summed E-state index contributed by atoms with van der Waals surface area (Å²) in [5, 5.41) is 14.1. The highest BCUT2D eigenvalue weighted by atomic mass is 32.2. The average molecular weight is 256 g/mol. The van der Waals surface area contributed by atoms with Gasteiger partial charge in [-0.3, -0.25) is 9.10 Å². The van der Waals surface area contributed by atoms with Crippen LogP contribution in [0.2, 0.25) is 0 Å². The number of nitrogens with zero attached hydrogens (tertiary/aromatic N) is 1. The molecule has 0 amide bonds. The van der Waals surface area contributed by atoms with E-state index >= 15 is 0 Å². The van der Waals surface area contributed by atoms with Gasteiger partial charge >= 0.3 is 5.97 Å². The second-order valence-corrected chi connectivity index (χ2v) is 5.41. The van der Waals surface area contributed by atoms with Gasteiger partial charge < -0.3 is 5.11 Å². The number of hydrogen-bond donors (Lipinski definition) is 2. The predicted octanol–water partition coefficient (Wildman–Crippen LogP) is -0.0466. The molecule has 1 unspecified atom stereocenters. The molecule has 2 rings (SSSR count). The van der Waals surface area contributed by atoms with Gasteiger partial charge in [0.15, 0.2) is 0 Å². The van der Waals surface area contributed by atoms with Gasteiger partial charge in [-0.1, -0.05) is 18.2 Å². The molecule has 1 aliphatic rings. The Kier molecular flexibility index (Phi) is 2.80. The maximum Gasteiger partial charge on any atom is 0.308 e. The molecular formula is C10H12N2O4S. The number of carboxylic acid groups (broad SMARTS) is 1. The number of nitrogens with two attached hydrogens (primary N) is 1. The third-order valence-electron chi connectivity index (χ3n) is 2.77. The molecule has 1 aromatic carbocycles. The molecule has 0 aliphatic carbocycles. The van der Waals surface area contributed by atoms with Crippen LogP contribution in [0, 0.1) is 5.92 Å². The van der Waals surface area contributed by atoms with Crippen LogP contribution in [0.1, 0.15) is 5.56 Å². The summed E-state index contributed by atoms with van der Waals surface area (Å²) in [6.07, 6.45) is 0.317. The molecule has 0 spiro atoms. The second kappa shape index (κ2) is 4.01. The summed E-state index contributed by atoms with van der Waals surface area (Å²) in [6.45, 7) is -0.120. The number of carbonyl (C=O) groups is 1. The van der Waals surface area contributed by atoms with Crippen LogP contribution < -0.4 is 9.44 Å². The fourth-order valence-corrected chi connectivity index (χ4v) is 2.80. The standard InChI is InChI=1S/C10H12N2O4S/c11-17(15,16)12-6-8(10(13)14)5-7-3-1-2-4-9(7)12/h1-4,8H,5-6H2,(H,13,14)(H2,11,15,16). The first-order valence-corrected chi connectivity index (χ1v) is 6.51. The first kappa shape index (κ1) is 11.9. The molecular weight excluding hydrogens is 244 g/mol. The van der Waals surface area contributed by atoms with E-state index in [-0.39, 0.29) is 6.54 Å². The third-order valence-corrected chi connectivity index (χ3v) is 3.73. The van der Waals surface area contributed by atoms with Gasteiger partial charge in [0.25, 0.3) is 10.2 Å². The van der Waals surface area contributed by atoms with Crippen LogP contribution in [0.4, 0.5) is 5.69 Å². The fourth-order valence-electron chi connectivity index (χ4n) is 1.96. The Morgan fingerprint density at radius 2 is 2.06 bits per heavy atom. The van der Waals surface area contributed by atoms with Crippen LogP contribution >= 0.6 is 0 Å². The van der Waals surface area contributed by atoms with Crippen LogP contribution in [0.5, 0.6) is 0 Å². The Hall–Kier alpha value is -1.60. The van der Waals surface area contributed by atoms with Gasteiger partial charge in [0, 0.05) is 6.54 Å². The summed E-state index contributed by atoms with van der Waals surface area (Å²) in [6, 6.07) is 6.77. The summed E-state index contributed by atoms with van der Waals surface area (Å²) >= 11 is 0. The van der Waals surface area contributed by atoms with Crippen LogP contribution in [-0.4, -0.2) is 26.0 Å². The Balaban J connectivity index is 2.50. The zero-order valence-corrected chi connectivity index (χ0v) is 9.72. The van der Waals surface area contributed by atoms with E-state index in [1.165, 1.54) is 0 Å². The zero-order valence-electron chi connectivity index (χ0n) is 8.91.